The molecule has 2 aliphatic carbocycles. The van der Waals surface area contributed by atoms with E-state index >= 15 is 0 Å². The summed E-state index contributed by atoms with van der Waals surface area (Å²) in [6.07, 6.45) is 6.65. The van der Waals surface area contributed by atoms with Gasteiger partial charge in [-0.25, -0.2) is 0 Å². The maximum atomic E-state index is 12.9. The number of methoxy groups -OCH3 is 2. The largest absolute Gasteiger partial charge is 0.493 e. The first-order valence-corrected chi connectivity index (χ1v) is 8.64. The Balaban J connectivity index is 1.77. The van der Waals surface area contributed by atoms with Crippen LogP contribution in [0.1, 0.15) is 51.0 Å². The van der Waals surface area contributed by atoms with Crippen LogP contribution in [-0.2, 0) is 10.2 Å². The van der Waals surface area contributed by atoms with Gasteiger partial charge in [0.15, 0.2) is 11.5 Å². The molecule has 0 spiro atoms. The van der Waals surface area contributed by atoms with Crippen molar-refractivity contribution >= 4 is 5.91 Å². The lowest BCUT2D eigenvalue weighted by atomic mass is 9.85. The van der Waals surface area contributed by atoms with Gasteiger partial charge < -0.3 is 14.8 Å². The highest BCUT2D eigenvalue weighted by molar-refractivity contribution is 5.91. The molecule has 0 radical (unpaired) electrons. The molecule has 0 aliphatic heterocycles. The van der Waals surface area contributed by atoms with Gasteiger partial charge in [-0.3, -0.25) is 4.79 Å². The molecule has 0 saturated heterocycles. The Morgan fingerprint density at radius 2 is 1.83 bits per heavy atom. The van der Waals surface area contributed by atoms with Crippen molar-refractivity contribution < 1.29 is 14.3 Å². The molecule has 1 amide bonds. The Morgan fingerprint density at radius 1 is 1.13 bits per heavy atom. The molecule has 1 N–H and O–H groups in total. The van der Waals surface area contributed by atoms with E-state index in [4.69, 9.17) is 9.47 Å². The van der Waals surface area contributed by atoms with Gasteiger partial charge >= 0.3 is 0 Å². The molecule has 4 heteroatoms. The lowest BCUT2D eigenvalue weighted by molar-refractivity contribution is -0.124. The molecule has 0 bridgehead atoms. The summed E-state index contributed by atoms with van der Waals surface area (Å²) in [7, 11) is 3.26. The van der Waals surface area contributed by atoms with Gasteiger partial charge in [0.1, 0.15) is 0 Å². The molecule has 4 nitrogen and oxygen atoms in total. The van der Waals surface area contributed by atoms with Crippen LogP contribution in [0.2, 0.25) is 0 Å². The van der Waals surface area contributed by atoms with Gasteiger partial charge in [-0.05, 0) is 49.3 Å². The Labute approximate surface area is 138 Å². The normalized spacial score (nSPS) is 25.5. The summed E-state index contributed by atoms with van der Waals surface area (Å²) in [4.78, 5) is 12.9. The summed E-state index contributed by atoms with van der Waals surface area (Å²) in [6, 6.07) is 6.17. The molecule has 2 aliphatic rings. The van der Waals surface area contributed by atoms with Crippen molar-refractivity contribution in [3.05, 3.63) is 23.8 Å². The maximum absolute atomic E-state index is 12.9. The zero-order valence-electron chi connectivity index (χ0n) is 14.4. The molecule has 2 unspecified atom stereocenters. The number of nitrogens with one attached hydrogen (secondary N) is 1. The second kappa shape index (κ2) is 6.42. The van der Waals surface area contributed by atoms with Crippen LogP contribution in [0.25, 0.3) is 0 Å². The van der Waals surface area contributed by atoms with E-state index < -0.39 is 0 Å². The first-order valence-electron chi connectivity index (χ1n) is 8.64. The monoisotopic (exact) mass is 317 g/mol. The van der Waals surface area contributed by atoms with E-state index in [2.05, 4.69) is 12.2 Å². The molecule has 0 heterocycles. The highest BCUT2D eigenvalue weighted by Crippen LogP contribution is 2.50. The number of carbonyl (C=O) groups excluding carboxylic acids is 1. The van der Waals surface area contributed by atoms with Gasteiger partial charge in [-0.2, -0.15) is 0 Å². The van der Waals surface area contributed by atoms with Gasteiger partial charge in [0.25, 0.3) is 0 Å². The highest BCUT2D eigenvalue weighted by atomic mass is 16.5. The van der Waals surface area contributed by atoms with E-state index in [1.165, 1.54) is 19.3 Å². The number of ether oxygens (including phenoxy) is 2. The van der Waals surface area contributed by atoms with Gasteiger partial charge in [0, 0.05) is 6.04 Å². The van der Waals surface area contributed by atoms with Crippen LogP contribution in [0.15, 0.2) is 18.2 Å². The molecule has 3 rings (SSSR count). The van der Waals surface area contributed by atoms with Crippen LogP contribution in [0.3, 0.4) is 0 Å². The van der Waals surface area contributed by atoms with Crippen molar-refractivity contribution in [1.82, 2.24) is 5.32 Å². The third-order valence-corrected chi connectivity index (χ3v) is 5.55. The Morgan fingerprint density at radius 3 is 2.43 bits per heavy atom. The minimum Gasteiger partial charge on any atom is -0.493 e. The van der Waals surface area contributed by atoms with Gasteiger partial charge in [-0.15, -0.1) is 0 Å². The van der Waals surface area contributed by atoms with Crippen LogP contribution in [0.4, 0.5) is 0 Å². The Bertz CT molecular complexity index is 580. The van der Waals surface area contributed by atoms with E-state index in [0.29, 0.717) is 23.5 Å². The summed E-state index contributed by atoms with van der Waals surface area (Å²) in [5.74, 6) is 2.15. The zero-order valence-corrected chi connectivity index (χ0v) is 14.4. The van der Waals surface area contributed by atoms with E-state index in [-0.39, 0.29) is 11.3 Å². The number of hydrogen-bond donors (Lipinski definition) is 1. The molecular weight excluding hydrogens is 290 g/mol. The van der Waals surface area contributed by atoms with Crippen LogP contribution in [-0.4, -0.2) is 26.2 Å². The first-order chi connectivity index (χ1) is 11.1. The van der Waals surface area contributed by atoms with Crippen molar-refractivity contribution in [1.29, 1.82) is 0 Å². The SMILES string of the molecule is COc1ccc(C2(C(=O)NC3CCCCC3C)CC2)cc1OC. The summed E-state index contributed by atoms with van der Waals surface area (Å²) in [5.41, 5.74) is 0.674. The predicted octanol–water partition coefficient (Wildman–Crippen LogP) is 3.43. The molecule has 2 fully saturated rings. The molecule has 0 aromatic heterocycles. The molecule has 1 aromatic carbocycles. The number of amides is 1. The number of benzene rings is 1. The third-order valence-electron chi connectivity index (χ3n) is 5.55. The highest BCUT2D eigenvalue weighted by Gasteiger charge is 2.52. The van der Waals surface area contributed by atoms with E-state index in [0.717, 1.165) is 24.8 Å². The van der Waals surface area contributed by atoms with E-state index in [9.17, 15) is 4.79 Å². The summed E-state index contributed by atoms with van der Waals surface area (Å²) in [5, 5.41) is 3.32. The Kier molecular flexibility index (Phi) is 4.51. The molecule has 23 heavy (non-hydrogen) atoms. The topological polar surface area (TPSA) is 47.6 Å². The molecule has 1 aromatic rings. The predicted molar refractivity (Wildman–Crippen MR) is 90.0 cm³/mol. The smallest absolute Gasteiger partial charge is 0.230 e. The fraction of sp³-hybridized carbons (Fsp3) is 0.632. The zero-order chi connectivity index (χ0) is 16.4. The Hall–Kier alpha value is -1.71. The van der Waals surface area contributed by atoms with E-state index in [1.807, 2.05) is 18.2 Å². The number of hydrogen-bond acceptors (Lipinski definition) is 3. The number of carbonyl (C=O) groups is 1. The maximum Gasteiger partial charge on any atom is 0.230 e. The molecule has 2 atom stereocenters. The molecule has 2 saturated carbocycles. The molecular formula is C19H27NO3. The lowest BCUT2D eigenvalue weighted by Gasteiger charge is -2.31. The lowest BCUT2D eigenvalue weighted by Crippen LogP contribution is -2.45. The standard InChI is InChI=1S/C19H27NO3/c1-13-6-4-5-7-15(13)20-18(21)19(10-11-19)14-8-9-16(22-2)17(12-14)23-3/h8-9,12-13,15H,4-7,10-11H2,1-3H3,(H,20,21). The fourth-order valence-electron chi connectivity index (χ4n) is 3.74. The van der Waals surface area contributed by atoms with Crippen molar-refractivity contribution in [3.8, 4) is 11.5 Å². The average Bonchev–Trinajstić information content (AvgIpc) is 3.38. The van der Waals surface area contributed by atoms with Crippen molar-refractivity contribution in [2.45, 2.75) is 56.9 Å². The van der Waals surface area contributed by atoms with Gasteiger partial charge in [-0.1, -0.05) is 25.8 Å². The number of rotatable bonds is 5. The molecule has 126 valence electrons. The van der Waals surface area contributed by atoms with E-state index in [1.54, 1.807) is 14.2 Å². The average molecular weight is 317 g/mol. The van der Waals surface area contributed by atoms with Crippen LogP contribution >= 0.6 is 0 Å². The van der Waals surface area contributed by atoms with Crippen LogP contribution in [0, 0.1) is 5.92 Å². The van der Waals surface area contributed by atoms with Crippen molar-refractivity contribution in [2.24, 2.45) is 5.92 Å². The summed E-state index contributed by atoms with van der Waals surface area (Å²) < 4.78 is 10.7. The fourth-order valence-corrected chi connectivity index (χ4v) is 3.74. The van der Waals surface area contributed by atoms with Crippen molar-refractivity contribution in [3.63, 3.8) is 0 Å². The quantitative estimate of drug-likeness (QED) is 0.905. The van der Waals surface area contributed by atoms with Gasteiger partial charge in [0.2, 0.25) is 5.91 Å². The minimum absolute atomic E-state index is 0.184. The van der Waals surface area contributed by atoms with Gasteiger partial charge in [0.05, 0.1) is 19.6 Å². The summed E-state index contributed by atoms with van der Waals surface area (Å²) >= 11 is 0. The first kappa shape index (κ1) is 16.2. The second-order valence-electron chi connectivity index (χ2n) is 6.99. The van der Waals surface area contributed by atoms with Crippen LogP contribution in [0.5, 0.6) is 11.5 Å². The summed E-state index contributed by atoms with van der Waals surface area (Å²) in [6.45, 7) is 2.25. The second-order valence-corrected chi connectivity index (χ2v) is 6.99. The van der Waals surface area contributed by atoms with Crippen LogP contribution < -0.4 is 14.8 Å². The minimum atomic E-state index is -0.364. The van der Waals surface area contributed by atoms with Crippen molar-refractivity contribution in [2.75, 3.05) is 14.2 Å². The third kappa shape index (κ3) is 3.04.